The highest BCUT2D eigenvalue weighted by Crippen LogP contribution is 2.29. The Morgan fingerprint density at radius 3 is 2.89 bits per heavy atom. The fourth-order valence-electron chi connectivity index (χ4n) is 1.71. The van der Waals surface area contributed by atoms with E-state index < -0.39 is 0 Å². The second-order valence-electron chi connectivity index (χ2n) is 3.88. The maximum absolute atomic E-state index is 11.7. The Labute approximate surface area is 116 Å². The maximum Gasteiger partial charge on any atom is 0.367 e. The van der Waals surface area contributed by atoms with Crippen molar-refractivity contribution in [2.24, 2.45) is 0 Å². The number of carbonyl (C=O) groups is 1. The van der Waals surface area contributed by atoms with E-state index in [0.717, 1.165) is 21.9 Å². The van der Waals surface area contributed by atoms with E-state index in [1.54, 1.807) is 14.0 Å². The minimum atomic E-state index is -0.371. The maximum atomic E-state index is 11.7. The summed E-state index contributed by atoms with van der Waals surface area (Å²) in [4.78, 5) is 17.0. The van der Waals surface area contributed by atoms with Gasteiger partial charge in [-0.1, -0.05) is 12.1 Å². The van der Waals surface area contributed by atoms with Crippen LogP contribution in [0.25, 0.3) is 11.3 Å². The van der Waals surface area contributed by atoms with Crippen LogP contribution in [0.1, 0.15) is 21.6 Å². The van der Waals surface area contributed by atoms with Crippen molar-refractivity contribution in [2.45, 2.75) is 13.8 Å². The van der Waals surface area contributed by atoms with E-state index in [1.165, 1.54) is 11.3 Å². The molecule has 0 spiro atoms. The molecule has 1 heterocycles. The average molecular weight is 277 g/mol. The quantitative estimate of drug-likeness (QED) is 0.804. The number of methoxy groups -OCH3 is 1. The third kappa shape index (κ3) is 2.93. The van der Waals surface area contributed by atoms with Crippen LogP contribution in [0.4, 0.5) is 0 Å². The van der Waals surface area contributed by atoms with E-state index >= 15 is 0 Å². The van der Waals surface area contributed by atoms with Crippen molar-refractivity contribution in [1.29, 1.82) is 0 Å². The van der Waals surface area contributed by atoms with Crippen LogP contribution < -0.4 is 4.74 Å². The molecule has 0 saturated heterocycles. The van der Waals surface area contributed by atoms with Gasteiger partial charge in [-0.15, -0.1) is 11.3 Å². The zero-order valence-electron chi connectivity index (χ0n) is 11.1. The van der Waals surface area contributed by atoms with Gasteiger partial charge in [-0.3, -0.25) is 0 Å². The van der Waals surface area contributed by atoms with Gasteiger partial charge < -0.3 is 9.47 Å². The van der Waals surface area contributed by atoms with Crippen molar-refractivity contribution in [1.82, 2.24) is 4.98 Å². The second kappa shape index (κ2) is 5.84. The third-order valence-corrected chi connectivity index (χ3v) is 3.54. The molecular formula is C14H15NO3S. The van der Waals surface area contributed by atoms with E-state index in [1.807, 2.05) is 31.2 Å². The molecule has 1 aromatic carbocycles. The molecule has 0 amide bonds. The monoisotopic (exact) mass is 277 g/mol. The van der Waals surface area contributed by atoms with Gasteiger partial charge in [0, 0.05) is 10.4 Å². The number of esters is 1. The first-order valence-electron chi connectivity index (χ1n) is 5.94. The van der Waals surface area contributed by atoms with E-state index in [0.29, 0.717) is 11.6 Å². The van der Waals surface area contributed by atoms with Gasteiger partial charge in [0.1, 0.15) is 5.75 Å². The lowest BCUT2D eigenvalue weighted by atomic mass is 10.1. The van der Waals surface area contributed by atoms with Crippen LogP contribution in [0.2, 0.25) is 0 Å². The van der Waals surface area contributed by atoms with Crippen LogP contribution in [0.3, 0.4) is 0 Å². The fraction of sp³-hybridized carbons (Fsp3) is 0.286. The lowest BCUT2D eigenvalue weighted by Gasteiger charge is -2.02. The normalized spacial score (nSPS) is 10.3. The smallest absolute Gasteiger partial charge is 0.367 e. The zero-order valence-corrected chi connectivity index (χ0v) is 11.9. The minimum Gasteiger partial charge on any atom is -0.497 e. The van der Waals surface area contributed by atoms with Crippen molar-refractivity contribution in [3.8, 4) is 17.0 Å². The summed E-state index contributed by atoms with van der Waals surface area (Å²) in [5, 5.41) is 0.386. The van der Waals surface area contributed by atoms with Gasteiger partial charge in [-0.2, -0.15) is 0 Å². The predicted molar refractivity (Wildman–Crippen MR) is 74.8 cm³/mol. The van der Waals surface area contributed by atoms with Crippen molar-refractivity contribution in [2.75, 3.05) is 13.7 Å². The van der Waals surface area contributed by atoms with E-state index in [2.05, 4.69) is 4.98 Å². The van der Waals surface area contributed by atoms with Gasteiger partial charge in [0.2, 0.25) is 5.01 Å². The summed E-state index contributed by atoms with van der Waals surface area (Å²) in [5.41, 5.74) is 1.73. The highest BCUT2D eigenvalue weighted by Gasteiger charge is 2.16. The molecule has 0 atom stereocenters. The predicted octanol–water partition coefficient (Wildman–Crippen LogP) is 3.30. The molecule has 2 aromatic rings. The van der Waals surface area contributed by atoms with Crippen LogP contribution in [-0.4, -0.2) is 24.7 Å². The largest absolute Gasteiger partial charge is 0.497 e. The first kappa shape index (κ1) is 13.5. The van der Waals surface area contributed by atoms with Crippen LogP contribution in [-0.2, 0) is 4.74 Å². The Hall–Kier alpha value is -1.88. The Morgan fingerprint density at radius 1 is 1.42 bits per heavy atom. The van der Waals surface area contributed by atoms with Crippen LogP contribution in [0, 0.1) is 6.92 Å². The number of ether oxygens (including phenoxy) is 2. The summed E-state index contributed by atoms with van der Waals surface area (Å²) in [6.45, 7) is 4.07. The summed E-state index contributed by atoms with van der Waals surface area (Å²) < 4.78 is 10.2. The molecule has 0 aliphatic carbocycles. The molecule has 0 fully saturated rings. The molecule has 0 aliphatic heterocycles. The van der Waals surface area contributed by atoms with E-state index in [-0.39, 0.29) is 5.97 Å². The highest BCUT2D eigenvalue weighted by molar-refractivity contribution is 7.13. The Balaban J connectivity index is 2.37. The van der Waals surface area contributed by atoms with Gasteiger partial charge in [0.05, 0.1) is 19.4 Å². The summed E-state index contributed by atoms with van der Waals surface area (Å²) in [7, 11) is 1.62. The van der Waals surface area contributed by atoms with Gasteiger partial charge in [-0.25, -0.2) is 9.78 Å². The van der Waals surface area contributed by atoms with Gasteiger partial charge in [0.15, 0.2) is 0 Å². The molecule has 0 unspecified atom stereocenters. The molecule has 1 aromatic heterocycles. The number of thiazole rings is 1. The molecule has 0 N–H and O–H groups in total. The first-order chi connectivity index (χ1) is 9.15. The summed E-state index contributed by atoms with van der Waals surface area (Å²) in [6.07, 6.45) is 0. The SMILES string of the molecule is CCOC(=O)c1nc(-c2cccc(OC)c2)c(C)s1. The fourth-order valence-corrected chi connectivity index (χ4v) is 2.54. The average Bonchev–Trinajstić information content (AvgIpc) is 2.81. The second-order valence-corrected chi connectivity index (χ2v) is 5.08. The number of aromatic nitrogens is 1. The molecule has 100 valence electrons. The Bertz CT molecular complexity index is 592. The highest BCUT2D eigenvalue weighted by atomic mass is 32.1. The van der Waals surface area contributed by atoms with Crippen molar-refractivity contribution >= 4 is 17.3 Å². The van der Waals surface area contributed by atoms with Crippen molar-refractivity contribution in [3.05, 3.63) is 34.2 Å². The first-order valence-corrected chi connectivity index (χ1v) is 6.76. The Kier molecular flexibility index (Phi) is 4.16. The molecule has 0 saturated carbocycles. The summed E-state index contributed by atoms with van der Waals surface area (Å²) in [6, 6.07) is 7.62. The van der Waals surface area contributed by atoms with Crippen LogP contribution >= 0.6 is 11.3 Å². The van der Waals surface area contributed by atoms with Crippen molar-refractivity contribution < 1.29 is 14.3 Å². The standard InChI is InChI=1S/C14H15NO3S/c1-4-18-14(16)13-15-12(9(2)19-13)10-6-5-7-11(8-10)17-3/h5-8H,4H2,1-3H3. The molecular weight excluding hydrogens is 262 g/mol. The molecule has 5 heteroatoms. The van der Waals surface area contributed by atoms with Gasteiger partial charge in [-0.05, 0) is 26.0 Å². The molecule has 0 bridgehead atoms. The topological polar surface area (TPSA) is 48.4 Å². The number of hydrogen-bond acceptors (Lipinski definition) is 5. The minimum absolute atomic E-state index is 0.353. The third-order valence-electron chi connectivity index (χ3n) is 2.59. The zero-order chi connectivity index (χ0) is 13.8. The lowest BCUT2D eigenvalue weighted by Crippen LogP contribution is -2.03. The molecule has 4 nitrogen and oxygen atoms in total. The number of nitrogens with zero attached hydrogens (tertiary/aromatic N) is 1. The number of carbonyl (C=O) groups excluding carboxylic acids is 1. The lowest BCUT2D eigenvalue weighted by molar-refractivity contribution is 0.0526. The van der Waals surface area contributed by atoms with Gasteiger partial charge in [0.25, 0.3) is 0 Å². The van der Waals surface area contributed by atoms with E-state index in [9.17, 15) is 4.79 Å². The summed E-state index contributed by atoms with van der Waals surface area (Å²) in [5.74, 6) is 0.396. The molecule has 19 heavy (non-hydrogen) atoms. The molecule has 0 radical (unpaired) electrons. The molecule has 0 aliphatic rings. The van der Waals surface area contributed by atoms with Crippen molar-refractivity contribution in [3.63, 3.8) is 0 Å². The summed E-state index contributed by atoms with van der Waals surface area (Å²) >= 11 is 1.34. The van der Waals surface area contributed by atoms with Crippen LogP contribution in [0.5, 0.6) is 5.75 Å². The number of benzene rings is 1. The Morgan fingerprint density at radius 2 is 2.21 bits per heavy atom. The van der Waals surface area contributed by atoms with E-state index in [4.69, 9.17) is 9.47 Å². The van der Waals surface area contributed by atoms with Crippen LogP contribution in [0.15, 0.2) is 24.3 Å². The molecule has 2 rings (SSSR count). The number of hydrogen-bond donors (Lipinski definition) is 0. The van der Waals surface area contributed by atoms with Gasteiger partial charge >= 0.3 is 5.97 Å². The number of aryl methyl sites for hydroxylation is 1. The number of rotatable bonds is 4.